The summed E-state index contributed by atoms with van der Waals surface area (Å²) in [5.41, 5.74) is 3.08. The third kappa shape index (κ3) is 3.69. The smallest absolute Gasteiger partial charge is 0.251 e. The van der Waals surface area contributed by atoms with E-state index in [1.54, 1.807) is 36.1 Å². The number of anilines is 2. The fourth-order valence-corrected chi connectivity index (χ4v) is 3.55. The highest BCUT2D eigenvalue weighted by Gasteiger charge is 2.36. The number of hydrogen-bond acceptors (Lipinski definition) is 4. The number of aryl methyl sites for hydroxylation is 1. The number of nitrogens with zero attached hydrogens (tertiary/aromatic N) is 2. The van der Waals surface area contributed by atoms with Crippen molar-refractivity contribution in [1.82, 2.24) is 9.78 Å². The number of methoxy groups -OCH3 is 1. The average molecular weight is 411 g/mol. The zero-order valence-corrected chi connectivity index (χ0v) is 16.7. The van der Waals surface area contributed by atoms with Gasteiger partial charge in [-0.05, 0) is 48.9 Å². The van der Waals surface area contributed by atoms with E-state index in [1.165, 1.54) is 0 Å². The largest absolute Gasteiger partial charge is 0.497 e. The van der Waals surface area contributed by atoms with Gasteiger partial charge in [0.25, 0.3) is 5.91 Å². The molecule has 3 aromatic rings. The second kappa shape index (κ2) is 7.60. The number of halogens is 1. The molecule has 1 atom stereocenters. The monoisotopic (exact) mass is 410 g/mol. The average Bonchev–Trinajstić information content (AvgIpc) is 3.17. The topological polar surface area (TPSA) is 85.2 Å². The lowest BCUT2D eigenvalue weighted by atomic mass is 10.1. The van der Waals surface area contributed by atoms with Crippen molar-refractivity contribution in [2.24, 2.45) is 0 Å². The second-order valence-corrected chi connectivity index (χ2v) is 7.19. The van der Waals surface area contributed by atoms with E-state index in [-0.39, 0.29) is 18.2 Å². The molecule has 1 aliphatic rings. The van der Waals surface area contributed by atoms with Crippen LogP contribution in [-0.4, -0.2) is 28.7 Å². The Morgan fingerprint density at radius 2 is 2.03 bits per heavy atom. The summed E-state index contributed by atoms with van der Waals surface area (Å²) in [6, 6.07) is 13.6. The lowest BCUT2D eigenvalue weighted by Crippen LogP contribution is -2.23. The number of aromatic nitrogens is 2. The molecule has 2 amide bonds. The Balaban J connectivity index is 1.58. The minimum Gasteiger partial charge on any atom is -0.497 e. The van der Waals surface area contributed by atoms with E-state index >= 15 is 0 Å². The first-order valence-electron chi connectivity index (χ1n) is 9.06. The Hall–Kier alpha value is -3.32. The fraction of sp³-hybridized carbons (Fsp3) is 0.190. The molecular weight excluding hydrogens is 392 g/mol. The van der Waals surface area contributed by atoms with E-state index < -0.39 is 6.04 Å². The molecule has 2 heterocycles. The van der Waals surface area contributed by atoms with Crippen molar-refractivity contribution in [3.05, 3.63) is 59.2 Å². The van der Waals surface area contributed by atoms with Gasteiger partial charge < -0.3 is 15.4 Å². The van der Waals surface area contributed by atoms with Crippen molar-refractivity contribution in [2.75, 3.05) is 17.7 Å². The molecule has 1 aromatic heterocycles. The normalized spacial score (nSPS) is 15.0. The first-order valence-corrected chi connectivity index (χ1v) is 9.44. The van der Waals surface area contributed by atoms with Crippen molar-refractivity contribution in [2.45, 2.75) is 19.4 Å². The molecule has 0 fully saturated rings. The predicted molar refractivity (Wildman–Crippen MR) is 111 cm³/mol. The minimum atomic E-state index is -0.713. The number of hydrogen-bond donors (Lipinski definition) is 2. The van der Waals surface area contributed by atoms with Crippen LogP contribution in [0.4, 0.5) is 11.5 Å². The molecule has 29 heavy (non-hydrogen) atoms. The van der Waals surface area contributed by atoms with Crippen LogP contribution in [0, 0.1) is 6.92 Å². The SMILES string of the molecule is COc1cccc(-c2c(C)nn3c2NC(=O)C3CC(=O)Nc2ccc(Cl)cc2)c1. The van der Waals surface area contributed by atoms with E-state index in [1.807, 2.05) is 31.2 Å². The predicted octanol–water partition coefficient (Wildman–Crippen LogP) is 4.04. The Morgan fingerprint density at radius 1 is 1.28 bits per heavy atom. The molecule has 148 valence electrons. The quantitative estimate of drug-likeness (QED) is 0.664. The van der Waals surface area contributed by atoms with Crippen molar-refractivity contribution in [3.8, 4) is 16.9 Å². The van der Waals surface area contributed by atoms with Gasteiger partial charge in [0.15, 0.2) is 0 Å². The molecule has 0 aliphatic carbocycles. The Labute approximate surface area is 172 Å². The molecule has 0 saturated heterocycles. The lowest BCUT2D eigenvalue weighted by molar-refractivity contribution is -0.123. The fourth-order valence-electron chi connectivity index (χ4n) is 3.43. The van der Waals surface area contributed by atoms with Crippen LogP contribution >= 0.6 is 11.6 Å². The van der Waals surface area contributed by atoms with Crippen LogP contribution in [0.2, 0.25) is 5.02 Å². The summed E-state index contributed by atoms with van der Waals surface area (Å²) in [6.45, 7) is 1.87. The molecule has 2 N–H and O–H groups in total. The van der Waals surface area contributed by atoms with E-state index in [0.717, 1.165) is 16.8 Å². The summed E-state index contributed by atoms with van der Waals surface area (Å²) in [6.07, 6.45) is -0.0276. The van der Waals surface area contributed by atoms with Gasteiger partial charge in [-0.2, -0.15) is 5.10 Å². The van der Waals surface area contributed by atoms with Crippen LogP contribution in [0.3, 0.4) is 0 Å². The lowest BCUT2D eigenvalue weighted by Gasteiger charge is -2.10. The molecule has 4 rings (SSSR count). The van der Waals surface area contributed by atoms with Gasteiger partial charge in [-0.25, -0.2) is 4.68 Å². The second-order valence-electron chi connectivity index (χ2n) is 6.75. The zero-order chi connectivity index (χ0) is 20.5. The van der Waals surface area contributed by atoms with Crippen molar-refractivity contribution in [1.29, 1.82) is 0 Å². The maximum absolute atomic E-state index is 12.5. The zero-order valence-electron chi connectivity index (χ0n) is 15.9. The molecule has 2 aromatic carbocycles. The van der Waals surface area contributed by atoms with Crippen molar-refractivity contribution >= 4 is 34.9 Å². The summed E-state index contributed by atoms with van der Waals surface area (Å²) >= 11 is 5.86. The molecule has 0 bridgehead atoms. The van der Waals surface area contributed by atoms with Crippen LogP contribution in [0.15, 0.2) is 48.5 Å². The van der Waals surface area contributed by atoms with Crippen LogP contribution in [-0.2, 0) is 9.59 Å². The van der Waals surface area contributed by atoms with Gasteiger partial charge in [-0.3, -0.25) is 9.59 Å². The number of carbonyl (C=O) groups is 2. The van der Waals surface area contributed by atoms with E-state index in [0.29, 0.717) is 22.3 Å². The highest BCUT2D eigenvalue weighted by molar-refractivity contribution is 6.30. The number of nitrogens with one attached hydrogen (secondary N) is 2. The summed E-state index contributed by atoms with van der Waals surface area (Å²) in [5.74, 6) is 0.759. The summed E-state index contributed by atoms with van der Waals surface area (Å²) in [4.78, 5) is 25.0. The standard InChI is InChI=1S/C21H19ClN4O3/c1-12-19(13-4-3-5-16(10-13)29-2)20-24-21(28)17(26(20)25-12)11-18(27)23-15-8-6-14(22)7-9-15/h3-10,17H,11H2,1-2H3,(H,23,27)(H,24,28). The maximum atomic E-state index is 12.5. The van der Waals surface area contributed by atoms with Gasteiger partial charge in [0.1, 0.15) is 17.6 Å². The van der Waals surface area contributed by atoms with E-state index in [9.17, 15) is 9.59 Å². The van der Waals surface area contributed by atoms with Gasteiger partial charge in [0, 0.05) is 16.3 Å². The Morgan fingerprint density at radius 3 is 2.76 bits per heavy atom. The molecule has 1 aliphatic heterocycles. The van der Waals surface area contributed by atoms with Crippen molar-refractivity contribution in [3.63, 3.8) is 0 Å². The molecule has 7 nitrogen and oxygen atoms in total. The van der Waals surface area contributed by atoms with E-state index in [4.69, 9.17) is 16.3 Å². The number of carbonyl (C=O) groups excluding carboxylic acids is 2. The van der Waals surface area contributed by atoms with Crippen LogP contribution in [0.1, 0.15) is 18.2 Å². The highest BCUT2D eigenvalue weighted by Crippen LogP contribution is 2.39. The van der Waals surface area contributed by atoms with E-state index in [2.05, 4.69) is 15.7 Å². The van der Waals surface area contributed by atoms with Crippen LogP contribution in [0.5, 0.6) is 5.75 Å². The first kappa shape index (κ1) is 19.0. The molecule has 0 saturated carbocycles. The molecular formula is C21H19ClN4O3. The van der Waals surface area contributed by atoms with Gasteiger partial charge >= 0.3 is 0 Å². The summed E-state index contributed by atoms with van der Waals surface area (Å²) < 4.78 is 6.89. The highest BCUT2D eigenvalue weighted by atomic mass is 35.5. The third-order valence-corrected chi connectivity index (χ3v) is 5.04. The summed E-state index contributed by atoms with van der Waals surface area (Å²) in [7, 11) is 1.60. The van der Waals surface area contributed by atoms with Crippen LogP contribution < -0.4 is 15.4 Å². The maximum Gasteiger partial charge on any atom is 0.251 e. The number of benzene rings is 2. The Kier molecular flexibility index (Phi) is 4.98. The number of amides is 2. The number of ether oxygens (including phenoxy) is 1. The Bertz CT molecular complexity index is 1090. The molecule has 8 heteroatoms. The minimum absolute atomic E-state index is 0.0276. The van der Waals surface area contributed by atoms with Gasteiger partial charge in [0.05, 0.1) is 19.2 Å². The summed E-state index contributed by atoms with van der Waals surface area (Å²) in [5, 5.41) is 10.8. The molecule has 0 radical (unpaired) electrons. The van der Waals surface area contributed by atoms with Crippen molar-refractivity contribution < 1.29 is 14.3 Å². The van der Waals surface area contributed by atoms with Crippen LogP contribution in [0.25, 0.3) is 11.1 Å². The number of fused-ring (bicyclic) bond motifs is 1. The first-order chi connectivity index (χ1) is 14.0. The third-order valence-electron chi connectivity index (χ3n) is 4.79. The van der Waals surface area contributed by atoms with Gasteiger partial charge in [0.2, 0.25) is 5.91 Å². The van der Waals surface area contributed by atoms with Gasteiger partial charge in [-0.15, -0.1) is 0 Å². The number of rotatable bonds is 5. The molecule has 0 spiro atoms. The molecule has 1 unspecified atom stereocenters. The van der Waals surface area contributed by atoms with Gasteiger partial charge in [-0.1, -0.05) is 23.7 Å².